The summed E-state index contributed by atoms with van der Waals surface area (Å²) in [5.41, 5.74) is 8.55. The van der Waals surface area contributed by atoms with Crippen LogP contribution in [-0.2, 0) is 0 Å². The lowest BCUT2D eigenvalue weighted by Gasteiger charge is -2.32. The summed E-state index contributed by atoms with van der Waals surface area (Å²) in [6, 6.07) is 7.51. The van der Waals surface area contributed by atoms with Crippen LogP contribution in [0.4, 0.5) is 5.69 Å². The normalized spacial score (nSPS) is 25.4. The number of hydrogen-bond acceptors (Lipinski definition) is 2. The Bertz CT molecular complexity index is 466. The number of benzene rings is 1. The molecule has 0 aromatic heterocycles. The minimum Gasteiger partial charge on any atom is -0.367 e. The summed E-state index contributed by atoms with van der Waals surface area (Å²) in [5.74, 6) is 0.914. The molecule has 3 heteroatoms. The van der Waals surface area contributed by atoms with Crippen LogP contribution in [0.2, 0.25) is 0 Å². The van der Waals surface area contributed by atoms with Crippen LogP contribution in [0.1, 0.15) is 57.1 Å². The Labute approximate surface area is 130 Å². The molecule has 0 radical (unpaired) electrons. The highest BCUT2D eigenvalue weighted by Gasteiger charge is 2.34. The lowest BCUT2D eigenvalue weighted by Crippen LogP contribution is -2.34. The van der Waals surface area contributed by atoms with Crippen LogP contribution >= 0.6 is 15.9 Å². The van der Waals surface area contributed by atoms with E-state index >= 15 is 0 Å². The van der Waals surface area contributed by atoms with Crippen molar-refractivity contribution in [3.63, 3.8) is 0 Å². The summed E-state index contributed by atoms with van der Waals surface area (Å²) >= 11 is 3.76. The monoisotopic (exact) mass is 336 g/mol. The van der Waals surface area contributed by atoms with E-state index in [9.17, 15) is 0 Å². The molecule has 0 spiro atoms. The molecule has 1 saturated carbocycles. The summed E-state index contributed by atoms with van der Waals surface area (Å²) in [6.45, 7) is 3.25. The molecule has 110 valence electrons. The second-order valence-corrected chi connectivity index (χ2v) is 7.30. The first-order valence-corrected chi connectivity index (χ1v) is 8.78. The van der Waals surface area contributed by atoms with E-state index in [1.165, 1.54) is 60.8 Å². The van der Waals surface area contributed by atoms with Gasteiger partial charge in [-0.2, -0.15) is 0 Å². The van der Waals surface area contributed by atoms with E-state index in [4.69, 9.17) is 5.73 Å². The fraction of sp³-hybridized carbons (Fsp3) is 0.647. The zero-order valence-corrected chi connectivity index (χ0v) is 13.9. The molecule has 1 aliphatic carbocycles. The van der Waals surface area contributed by atoms with E-state index in [0.29, 0.717) is 0 Å². The van der Waals surface area contributed by atoms with Gasteiger partial charge in [-0.1, -0.05) is 18.9 Å². The largest absolute Gasteiger partial charge is 0.367 e. The van der Waals surface area contributed by atoms with Gasteiger partial charge in [0.1, 0.15) is 0 Å². The maximum Gasteiger partial charge on any atom is 0.0513 e. The van der Waals surface area contributed by atoms with E-state index < -0.39 is 0 Å². The van der Waals surface area contributed by atoms with Gasteiger partial charge in [-0.15, -0.1) is 0 Å². The molecule has 2 N–H and O–H groups in total. The minimum atomic E-state index is 0.101. The third-order valence-electron chi connectivity index (χ3n) is 5.05. The molecule has 1 aromatic rings. The smallest absolute Gasteiger partial charge is 0.0513 e. The van der Waals surface area contributed by atoms with Crippen LogP contribution in [0.15, 0.2) is 22.7 Å². The summed E-state index contributed by atoms with van der Waals surface area (Å²) in [6.07, 6.45) is 8.42. The lowest BCUT2D eigenvalue weighted by molar-refractivity contribution is 0.430. The molecule has 20 heavy (non-hydrogen) atoms. The number of halogens is 1. The SMILES string of the molecule is C[C@@H](N)c1ccc(N2CCCC2C2CCCC2)c(Br)c1. The van der Waals surface area contributed by atoms with Gasteiger partial charge in [0.2, 0.25) is 0 Å². The second kappa shape index (κ2) is 6.07. The van der Waals surface area contributed by atoms with E-state index in [1.807, 2.05) is 6.92 Å². The first-order valence-electron chi connectivity index (χ1n) is 7.98. The molecule has 2 nitrogen and oxygen atoms in total. The van der Waals surface area contributed by atoms with Crippen LogP contribution < -0.4 is 10.6 Å². The van der Waals surface area contributed by atoms with Crippen molar-refractivity contribution in [3.05, 3.63) is 28.2 Å². The highest BCUT2D eigenvalue weighted by molar-refractivity contribution is 9.10. The molecule has 2 fully saturated rings. The summed E-state index contributed by atoms with van der Waals surface area (Å²) in [4.78, 5) is 2.64. The fourth-order valence-electron chi connectivity index (χ4n) is 3.96. The van der Waals surface area contributed by atoms with Gasteiger partial charge < -0.3 is 10.6 Å². The maximum atomic E-state index is 5.98. The van der Waals surface area contributed by atoms with Crippen LogP contribution in [-0.4, -0.2) is 12.6 Å². The van der Waals surface area contributed by atoms with Gasteiger partial charge in [-0.25, -0.2) is 0 Å². The first kappa shape index (κ1) is 14.4. The van der Waals surface area contributed by atoms with Crippen molar-refractivity contribution < 1.29 is 0 Å². The number of nitrogens with two attached hydrogens (primary N) is 1. The van der Waals surface area contributed by atoms with Crippen LogP contribution in [0.5, 0.6) is 0 Å². The summed E-state index contributed by atoms with van der Waals surface area (Å²) in [5, 5.41) is 0. The zero-order chi connectivity index (χ0) is 14.1. The molecule has 0 bridgehead atoms. The standard InChI is InChI=1S/C17H25BrN2/c1-12(19)14-8-9-17(15(18)11-14)20-10-4-7-16(20)13-5-2-3-6-13/h8-9,11-13,16H,2-7,10,19H2,1H3/t12-,16?/m1/s1. The van der Waals surface area contributed by atoms with Gasteiger partial charge in [-0.05, 0) is 72.2 Å². The fourth-order valence-corrected chi connectivity index (χ4v) is 4.59. The summed E-state index contributed by atoms with van der Waals surface area (Å²) in [7, 11) is 0. The Hall–Kier alpha value is -0.540. The predicted octanol–water partition coefficient (Wildman–Crippen LogP) is 4.63. The average molecular weight is 337 g/mol. The first-order chi connectivity index (χ1) is 9.66. The Kier molecular flexibility index (Phi) is 4.37. The molecule has 1 saturated heterocycles. The summed E-state index contributed by atoms with van der Waals surface area (Å²) < 4.78 is 1.21. The molecular formula is C17H25BrN2. The number of rotatable bonds is 3. The van der Waals surface area contributed by atoms with Crippen LogP contribution in [0, 0.1) is 5.92 Å². The third-order valence-corrected chi connectivity index (χ3v) is 5.69. The topological polar surface area (TPSA) is 29.3 Å². The van der Waals surface area contributed by atoms with Crippen molar-refractivity contribution in [1.29, 1.82) is 0 Å². The predicted molar refractivity (Wildman–Crippen MR) is 89.1 cm³/mol. The number of nitrogens with zero attached hydrogens (tertiary/aromatic N) is 1. The van der Waals surface area contributed by atoms with Crippen molar-refractivity contribution >= 4 is 21.6 Å². The lowest BCUT2D eigenvalue weighted by atomic mass is 9.95. The molecule has 2 aliphatic rings. The molecule has 1 unspecified atom stereocenters. The Morgan fingerprint density at radius 1 is 1.20 bits per heavy atom. The van der Waals surface area contributed by atoms with E-state index in [-0.39, 0.29) is 6.04 Å². The molecular weight excluding hydrogens is 312 g/mol. The third kappa shape index (κ3) is 2.75. The van der Waals surface area contributed by atoms with Gasteiger partial charge in [0.25, 0.3) is 0 Å². The van der Waals surface area contributed by atoms with Crippen molar-refractivity contribution in [2.75, 3.05) is 11.4 Å². The van der Waals surface area contributed by atoms with Gasteiger partial charge in [0.05, 0.1) is 5.69 Å². The van der Waals surface area contributed by atoms with Crippen LogP contribution in [0.3, 0.4) is 0 Å². The molecule has 1 heterocycles. The Balaban J connectivity index is 1.83. The number of hydrogen-bond donors (Lipinski definition) is 1. The number of anilines is 1. The zero-order valence-electron chi connectivity index (χ0n) is 12.3. The van der Waals surface area contributed by atoms with E-state index in [1.54, 1.807) is 0 Å². The van der Waals surface area contributed by atoms with Gasteiger partial charge >= 0.3 is 0 Å². The van der Waals surface area contributed by atoms with E-state index in [2.05, 4.69) is 39.0 Å². The van der Waals surface area contributed by atoms with Crippen molar-refractivity contribution in [2.24, 2.45) is 11.7 Å². The molecule has 1 aliphatic heterocycles. The molecule has 1 aromatic carbocycles. The quantitative estimate of drug-likeness (QED) is 0.871. The molecule has 0 amide bonds. The van der Waals surface area contributed by atoms with Gasteiger partial charge in [0.15, 0.2) is 0 Å². The van der Waals surface area contributed by atoms with Crippen molar-refractivity contribution in [1.82, 2.24) is 0 Å². The van der Waals surface area contributed by atoms with Crippen LogP contribution in [0.25, 0.3) is 0 Å². The minimum absolute atomic E-state index is 0.101. The molecule has 2 atom stereocenters. The Morgan fingerprint density at radius 3 is 2.60 bits per heavy atom. The van der Waals surface area contributed by atoms with Gasteiger partial charge in [0, 0.05) is 23.1 Å². The average Bonchev–Trinajstić information content (AvgIpc) is 3.09. The van der Waals surface area contributed by atoms with Crippen molar-refractivity contribution in [2.45, 2.75) is 57.5 Å². The highest BCUT2D eigenvalue weighted by atomic mass is 79.9. The highest BCUT2D eigenvalue weighted by Crippen LogP contribution is 2.40. The maximum absolute atomic E-state index is 5.98. The van der Waals surface area contributed by atoms with Crippen molar-refractivity contribution in [3.8, 4) is 0 Å². The Morgan fingerprint density at radius 2 is 1.95 bits per heavy atom. The van der Waals surface area contributed by atoms with Gasteiger partial charge in [-0.3, -0.25) is 0 Å². The second-order valence-electron chi connectivity index (χ2n) is 6.45. The molecule has 3 rings (SSSR count). The van der Waals surface area contributed by atoms with E-state index in [0.717, 1.165) is 12.0 Å².